The molecule has 0 bridgehead atoms. The van der Waals surface area contributed by atoms with Gasteiger partial charge in [0.1, 0.15) is 11.6 Å². The van der Waals surface area contributed by atoms with Crippen LogP contribution in [0.5, 0.6) is 0 Å². The minimum absolute atomic E-state index is 0. The van der Waals surface area contributed by atoms with Crippen molar-refractivity contribution in [1.29, 1.82) is 0 Å². The van der Waals surface area contributed by atoms with Crippen molar-refractivity contribution in [1.82, 2.24) is 9.80 Å². The maximum Gasteiger partial charge on any atom is 0.167 e. The Balaban J connectivity index is 0.000000280. The smallest absolute Gasteiger partial charge is 0.167 e. The largest absolute Gasteiger partial charge is 0.398 e. The first-order chi connectivity index (χ1) is 25.1. The molecule has 6 nitrogen and oxygen atoms in total. The van der Waals surface area contributed by atoms with Gasteiger partial charge in [-0.25, -0.2) is 8.78 Å². The van der Waals surface area contributed by atoms with Gasteiger partial charge in [-0.3, -0.25) is 14.5 Å². The van der Waals surface area contributed by atoms with E-state index in [4.69, 9.17) is 11.5 Å². The van der Waals surface area contributed by atoms with Crippen LogP contribution in [0.3, 0.4) is 0 Å². The zero-order chi connectivity index (χ0) is 36.2. The van der Waals surface area contributed by atoms with E-state index in [1.54, 1.807) is 12.1 Å². The van der Waals surface area contributed by atoms with E-state index < -0.39 is 0 Å². The molecule has 12 heteroatoms. The van der Waals surface area contributed by atoms with Gasteiger partial charge in [-0.15, -0.1) is 49.6 Å². The molecule has 8 rings (SSSR count). The van der Waals surface area contributed by atoms with Crippen molar-refractivity contribution in [2.24, 2.45) is 17.8 Å². The molecule has 0 radical (unpaired) electrons. The monoisotopic (exact) mass is 846 g/mol. The van der Waals surface area contributed by atoms with Crippen LogP contribution in [-0.4, -0.2) is 60.6 Å². The molecule has 0 atom stereocenters. The van der Waals surface area contributed by atoms with E-state index in [1.807, 2.05) is 36.4 Å². The van der Waals surface area contributed by atoms with Gasteiger partial charge in [-0.05, 0) is 102 Å². The topological polar surface area (TPSA) is 92.7 Å². The minimum Gasteiger partial charge on any atom is -0.398 e. The number of nitrogens with two attached hydrogens (primary N) is 2. The summed E-state index contributed by atoms with van der Waals surface area (Å²) in [4.78, 5) is 29.9. The van der Waals surface area contributed by atoms with Crippen LogP contribution in [0.2, 0.25) is 0 Å². The van der Waals surface area contributed by atoms with Gasteiger partial charge in [0.25, 0.3) is 0 Å². The summed E-state index contributed by atoms with van der Waals surface area (Å²) in [5.41, 5.74) is 18.8. The number of benzene rings is 4. The molecule has 56 heavy (non-hydrogen) atoms. The van der Waals surface area contributed by atoms with Gasteiger partial charge in [0.15, 0.2) is 11.6 Å². The Morgan fingerprint density at radius 1 is 0.607 bits per heavy atom. The van der Waals surface area contributed by atoms with Crippen molar-refractivity contribution in [3.05, 3.63) is 136 Å². The number of carbonyl (C=O) groups is 2. The average Bonchev–Trinajstić information content (AvgIpc) is 4.03. The van der Waals surface area contributed by atoms with Crippen LogP contribution in [0.1, 0.15) is 68.7 Å². The van der Waals surface area contributed by atoms with E-state index in [0.717, 1.165) is 42.8 Å². The molecule has 4 aliphatic rings. The average molecular weight is 849 g/mol. The normalized spacial score (nSPS) is 16.2. The number of hydrogen-bond donors (Lipinski definition) is 2. The molecule has 2 aliphatic heterocycles. The second-order valence-corrected chi connectivity index (χ2v) is 15.4. The van der Waals surface area contributed by atoms with E-state index in [-0.39, 0.29) is 85.7 Å². The first-order valence-corrected chi connectivity index (χ1v) is 18.6. The summed E-state index contributed by atoms with van der Waals surface area (Å²) >= 11 is 0. The van der Waals surface area contributed by atoms with Crippen LogP contribution in [0.25, 0.3) is 6.08 Å². The lowest BCUT2D eigenvalue weighted by molar-refractivity contribution is 0.0953. The molecule has 2 saturated carbocycles. The van der Waals surface area contributed by atoms with E-state index in [2.05, 4.69) is 28.0 Å². The number of Topliss-reactive ketones (excluding diaryl/α,β-unsaturated/α-hetero) is 2. The standard InChI is InChI=1S/C22H25FN2O.C22H23FN2O.4ClH/c2*23-20-8-7-19(21(24)11-20)10-22(26)18-5-3-15(4-6-18)9-17-13-25(14-17)12-16-1-2-16;;;;/h3-8,11,16-17H,1-2,9-10,12-14,24H2;3-9,11,16H,1-2,10,12-14,24H2;4*1H. The van der Waals surface area contributed by atoms with Gasteiger partial charge in [0.2, 0.25) is 0 Å². The van der Waals surface area contributed by atoms with Crippen molar-refractivity contribution in [3.63, 3.8) is 0 Å². The third-order valence-corrected chi connectivity index (χ3v) is 10.6. The van der Waals surface area contributed by atoms with Crippen LogP contribution >= 0.6 is 49.6 Å². The van der Waals surface area contributed by atoms with E-state index in [1.165, 1.54) is 87.3 Å². The molecule has 2 heterocycles. The maximum atomic E-state index is 13.1. The number of rotatable bonds is 13. The number of carbonyl (C=O) groups excluding carboxylic acids is 2. The number of nitrogens with zero attached hydrogens (tertiary/aromatic N) is 2. The van der Waals surface area contributed by atoms with Gasteiger partial charge >= 0.3 is 0 Å². The lowest BCUT2D eigenvalue weighted by atomic mass is 9.91. The molecule has 0 spiro atoms. The summed E-state index contributed by atoms with van der Waals surface area (Å²) < 4.78 is 26.2. The summed E-state index contributed by atoms with van der Waals surface area (Å²) in [5, 5.41) is 0. The highest BCUT2D eigenvalue weighted by Crippen LogP contribution is 2.33. The predicted octanol–water partition coefficient (Wildman–Crippen LogP) is 9.35. The summed E-state index contributed by atoms with van der Waals surface area (Å²) in [5.74, 6) is 1.89. The number of hydrogen-bond acceptors (Lipinski definition) is 6. The van der Waals surface area contributed by atoms with Crippen molar-refractivity contribution in [2.45, 2.75) is 44.9 Å². The van der Waals surface area contributed by atoms with Gasteiger partial charge < -0.3 is 16.4 Å². The highest BCUT2D eigenvalue weighted by atomic mass is 35.5. The van der Waals surface area contributed by atoms with Crippen molar-refractivity contribution < 1.29 is 18.4 Å². The molecule has 4 aromatic carbocycles. The molecule has 4 N–H and O–H groups in total. The lowest BCUT2D eigenvalue weighted by Crippen LogP contribution is -2.48. The Bertz CT molecular complexity index is 1940. The SMILES string of the molecule is Cl.Cl.Cl.Cl.Nc1cc(F)ccc1CC(=O)c1ccc(C=C2CN(CC3CC3)C2)cc1.Nc1cc(F)ccc1CC(=O)c1ccc(CC2CN(CC3CC3)C2)cc1. The Hall–Kier alpha value is -3.50. The molecule has 4 fully saturated rings. The fraction of sp³-hybridized carbons (Fsp3) is 0.364. The Kier molecular flexibility index (Phi) is 17.8. The zero-order valence-electron chi connectivity index (χ0n) is 31.3. The summed E-state index contributed by atoms with van der Waals surface area (Å²) in [7, 11) is 0. The number of anilines is 2. The van der Waals surface area contributed by atoms with Crippen molar-refractivity contribution >= 4 is 78.6 Å². The molecule has 0 aromatic heterocycles. The fourth-order valence-corrected chi connectivity index (χ4v) is 7.20. The molecule has 0 amide bonds. The van der Waals surface area contributed by atoms with Gasteiger partial charge in [0, 0.05) is 74.6 Å². The molecular formula is C44H52Cl4F2N4O2. The van der Waals surface area contributed by atoms with Crippen molar-refractivity contribution in [2.75, 3.05) is 50.7 Å². The van der Waals surface area contributed by atoms with Crippen LogP contribution in [0.15, 0.2) is 90.5 Å². The highest BCUT2D eigenvalue weighted by molar-refractivity contribution is 5.99. The fourth-order valence-electron chi connectivity index (χ4n) is 7.20. The van der Waals surface area contributed by atoms with E-state index in [9.17, 15) is 18.4 Å². The van der Waals surface area contributed by atoms with Crippen LogP contribution in [0.4, 0.5) is 20.2 Å². The molecule has 4 aromatic rings. The van der Waals surface area contributed by atoms with E-state index in [0.29, 0.717) is 33.6 Å². The van der Waals surface area contributed by atoms with Gasteiger partial charge in [-0.1, -0.05) is 66.7 Å². The number of ketones is 2. The summed E-state index contributed by atoms with van der Waals surface area (Å²) in [6.45, 7) is 7.10. The number of nitrogen functional groups attached to an aromatic ring is 2. The highest BCUT2D eigenvalue weighted by Gasteiger charge is 2.32. The Morgan fingerprint density at radius 3 is 1.50 bits per heavy atom. The summed E-state index contributed by atoms with van der Waals surface area (Å²) in [6, 6.07) is 23.9. The number of likely N-dealkylation sites (tertiary alicyclic amines) is 2. The maximum absolute atomic E-state index is 13.1. The van der Waals surface area contributed by atoms with Gasteiger partial charge in [0.05, 0.1) is 0 Å². The Labute approximate surface area is 354 Å². The van der Waals surface area contributed by atoms with Crippen LogP contribution in [-0.2, 0) is 19.3 Å². The molecule has 2 aliphatic carbocycles. The first-order valence-electron chi connectivity index (χ1n) is 18.6. The predicted molar refractivity (Wildman–Crippen MR) is 233 cm³/mol. The summed E-state index contributed by atoms with van der Waals surface area (Å²) in [6.07, 6.45) is 9.31. The van der Waals surface area contributed by atoms with Crippen LogP contribution in [0, 0.1) is 29.4 Å². The van der Waals surface area contributed by atoms with E-state index >= 15 is 0 Å². The van der Waals surface area contributed by atoms with Crippen LogP contribution < -0.4 is 11.5 Å². The lowest BCUT2D eigenvalue weighted by Gasteiger charge is -2.39. The quantitative estimate of drug-likeness (QED) is 0.103. The molecule has 0 unspecified atom stereocenters. The van der Waals surface area contributed by atoms with Gasteiger partial charge in [-0.2, -0.15) is 0 Å². The second-order valence-electron chi connectivity index (χ2n) is 15.4. The number of halogens is 6. The van der Waals surface area contributed by atoms with Crippen molar-refractivity contribution in [3.8, 4) is 0 Å². The third kappa shape index (κ3) is 13.3. The first kappa shape index (κ1) is 46.9. The zero-order valence-corrected chi connectivity index (χ0v) is 34.6. The minimum atomic E-state index is -0.386. The molecule has 302 valence electrons. The molecule has 2 saturated heterocycles. The second kappa shape index (κ2) is 21.3. The third-order valence-electron chi connectivity index (χ3n) is 10.6. The molecular weight excluding hydrogens is 796 g/mol. The Morgan fingerprint density at radius 2 is 1.05 bits per heavy atom.